The summed E-state index contributed by atoms with van der Waals surface area (Å²) in [5, 5.41) is 10.1. The Kier molecular flexibility index (Phi) is 4.86. The second-order valence-corrected chi connectivity index (χ2v) is 12.1. The van der Waals surface area contributed by atoms with Crippen LogP contribution >= 0.6 is 0 Å². The molecule has 1 saturated heterocycles. The van der Waals surface area contributed by atoms with Crippen LogP contribution in [0.1, 0.15) is 41.0 Å². The van der Waals surface area contributed by atoms with Crippen LogP contribution in [0, 0.1) is 5.92 Å². The maximum atomic E-state index is 11.3. The van der Waals surface area contributed by atoms with Crippen molar-refractivity contribution in [2.24, 2.45) is 5.92 Å². The standard InChI is InChI=1S/C14H28O4Si/c1-9(2)12(13-10(15)8-11(16)17-13)18-19(6,7)14(3,4)5/h9-10,12-13,15H,8H2,1-7H3/t10-,12-,13+/m1/s1. The monoisotopic (exact) mass is 288 g/mol. The zero-order valence-corrected chi connectivity index (χ0v) is 14.2. The van der Waals surface area contributed by atoms with Crippen LogP contribution in [-0.4, -0.2) is 37.7 Å². The number of carbonyl (C=O) groups excluding carboxylic acids is 1. The number of hydrogen-bond acceptors (Lipinski definition) is 4. The highest BCUT2D eigenvalue weighted by Gasteiger charge is 2.46. The average Bonchev–Trinajstić information content (AvgIpc) is 2.52. The zero-order chi connectivity index (χ0) is 15.0. The van der Waals surface area contributed by atoms with Gasteiger partial charge in [-0.15, -0.1) is 0 Å². The van der Waals surface area contributed by atoms with E-state index < -0.39 is 20.5 Å². The van der Waals surface area contributed by atoms with Crippen molar-refractivity contribution in [1.29, 1.82) is 0 Å². The molecule has 5 heteroatoms. The highest BCUT2D eigenvalue weighted by Crippen LogP contribution is 2.39. The van der Waals surface area contributed by atoms with Crippen molar-refractivity contribution >= 4 is 14.3 Å². The minimum Gasteiger partial charge on any atom is -0.457 e. The number of ether oxygens (including phenoxy) is 1. The first-order chi connectivity index (χ1) is 8.45. The molecular formula is C14H28O4Si. The fraction of sp³-hybridized carbons (Fsp3) is 0.929. The van der Waals surface area contributed by atoms with Crippen LogP contribution in [-0.2, 0) is 14.0 Å². The third-order valence-electron chi connectivity index (χ3n) is 4.24. The van der Waals surface area contributed by atoms with Crippen LogP contribution in [0.4, 0.5) is 0 Å². The molecule has 0 spiro atoms. The van der Waals surface area contributed by atoms with E-state index >= 15 is 0 Å². The molecule has 0 aliphatic carbocycles. The predicted molar refractivity (Wildman–Crippen MR) is 77.4 cm³/mol. The number of cyclic esters (lactones) is 1. The van der Waals surface area contributed by atoms with Crippen LogP contribution in [0.5, 0.6) is 0 Å². The van der Waals surface area contributed by atoms with E-state index in [1.807, 2.05) is 13.8 Å². The Bertz CT molecular complexity index is 333. The fourth-order valence-electron chi connectivity index (χ4n) is 1.95. The highest BCUT2D eigenvalue weighted by atomic mass is 28.4. The minimum absolute atomic E-state index is 0.0781. The quantitative estimate of drug-likeness (QED) is 0.638. The molecule has 0 aromatic carbocycles. The van der Waals surface area contributed by atoms with E-state index in [1.165, 1.54) is 0 Å². The number of hydrogen-bond donors (Lipinski definition) is 1. The summed E-state index contributed by atoms with van der Waals surface area (Å²) in [7, 11) is -1.95. The smallest absolute Gasteiger partial charge is 0.309 e. The highest BCUT2D eigenvalue weighted by molar-refractivity contribution is 6.74. The van der Waals surface area contributed by atoms with E-state index in [4.69, 9.17) is 9.16 Å². The van der Waals surface area contributed by atoms with E-state index in [2.05, 4.69) is 33.9 Å². The molecule has 1 N–H and O–H groups in total. The van der Waals surface area contributed by atoms with Gasteiger partial charge in [0.05, 0.1) is 12.5 Å². The lowest BCUT2D eigenvalue weighted by molar-refractivity contribution is -0.147. The fourth-order valence-corrected chi connectivity index (χ4v) is 3.39. The molecule has 19 heavy (non-hydrogen) atoms. The Balaban J connectivity index is 2.88. The van der Waals surface area contributed by atoms with E-state index in [1.54, 1.807) is 0 Å². The summed E-state index contributed by atoms with van der Waals surface area (Å²) in [6.45, 7) is 14.9. The second-order valence-electron chi connectivity index (χ2n) is 7.31. The number of aliphatic hydroxyl groups excluding tert-OH is 1. The molecule has 112 valence electrons. The number of esters is 1. The third-order valence-corrected chi connectivity index (χ3v) is 8.71. The first-order valence-electron chi connectivity index (χ1n) is 7.01. The van der Waals surface area contributed by atoms with Crippen molar-refractivity contribution in [3.05, 3.63) is 0 Å². The third kappa shape index (κ3) is 3.80. The molecule has 1 aliphatic rings. The zero-order valence-electron chi connectivity index (χ0n) is 13.2. The summed E-state index contributed by atoms with van der Waals surface area (Å²) in [6.07, 6.45) is -1.43. The molecule has 0 aromatic rings. The van der Waals surface area contributed by atoms with Gasteiger partial charge in [-0.3, -0.25) is 4.79 Å². The van der Waals surface area contributed by atoms with Crippen LogP contribution in [0.15, 0.2) is 0 Å². The maximum Gasteiger partial charge on any atom is 0.309 e. The van der Waals surface area contributed by atoms with Crippen molar-refractivity contribution in [2.75, 3.05) is 0 Å². The van der Waals surface area contributed by atoms with Gasteiger partial charge in [0, 0.05) is 0 Å². The lowest BCUT2D eigenvalue weighted by atomic mass is 9.98. The lowest BCUT2D eigenvalue weighted by Gasteiger charge is -2.42. The predicted octanol–water partition coefficient (Wildman–Crippen LogP) is 2.71. The Labute approximate surface area is 117 Å². The first-order valence-corrected chi connectivity index (χ1v) is 9.92. The summed E-state index contributed by atoms with van der Waals surface area (Å²) in [6, 6.07) is 0. The van der Waals surface area contributed by atoms with Gasteiger partial charge in [0.15, 0.2) is 14.4 Å². The van der Waals surface area contributed by atoms with Gasteiger partial charge in [-0.05, 0) is 24.1 Å². The molecule has 0 amide bonds. The van der Waals surface area contributed by atoms with E-state index in [0.29, 0.717) is 0 Å². The normalized spacial score (nSPS) is 26.7. The minimum atomic E-state index is -1.95. The summed E-state index contributed by atoms with van der Waals surface area (Å²) in [5.41, 5.74) is 0. The molecule has 0 unspecified atom stereocenters. The van der Waals surface area contributed by atoms with Crippen molar-refractivity contribution < 1.29 is 19.1 Å². The van der Waals surface area contributed by atoms with Crippen LogP contribution in [0.3, 0.4) is 0 Å². The van der Waals surface area contributed by atoms with Crippen molar-refractivity contribution in [1.82, 2.24) is 0 Å². The van der Waals surface area contributed by atoms with Gasteiger partial charge >= 0.3 is 5.97 Å². The van der Waals surface area contributed by atoms with Gasteiger partial charge in [-0.25, -0.2) is 0 Å². The lowest BCUT2D eigenvalue weighted by Crippen LogP contribution is -2.50. The topological polar surface area (TPSA) is 55.8 Å². The number of carbonyl (C=O) groups is 1. The Morgan fingerprint density at radius 3 is 2.21 bits per heavy atom. The Morgan fingerprint density at radius 2 is 1.89 bits per heavy atom. The molecule has 0 bridgehead atoms. The van der Waals surface area contributed by atoms with Crippen LogP contribution < -0.4 is 0 Å². The molecule has 1 aliphatic heterocycles. The van der Waals surface area contributed by atoms with Gasteiger partial charge < -0.3 is 14.3 Å². The summed E-state index contributed by atoms with van der Waals surface area (Å²) in [4.78, 5) is 11.3. The largest absolute Gasteiger partial charge is 0.457 e. The van der Waals surface area contributed by atoms with Gasteiger partial charge in [0.2, 0.25) is 0 Å². The first kappa shape index (κ1) is 16.7. The maximum absolute atomic E-state index is 11.3. The van der Waals surface area contributed by atoms with E-state index in [-0.39, 0.29) is 29.5 Å². The molecule has 0 saturated carbocycles. The molecular weight excluding hydrogens is 260 g/mol. The molecule has 1 heterocycles. The molecule has 1 rings (SSSR count). The average molecular weight is 288 g/mol. The van der Waals surface area contributed by atoms with Gasteiger partial charge in [-0.1, -0.05) is 34.6 Å². The van der Waals surface area contributed by atoms with Crippen molar-refractivity contribution in [3.8, 4) is 0 Å². The molecule has 0 radical (unpaired) electrons. The van der Waals surface area contributed by atoms with E-state index in [0.717, 1.165) is 0 Å². The molecule has 1 fully saturated rings. The van der Waals surface area contributed by atoms with Crippen LogP contribution in [0.25, 0.3) is 0 Å². The second kappa shape index (κ2) is 5.54. The molecule has 0 aromatic heterocycles. The Hall–Kier alpha value is -0.393. The summed E-state index contributed by atoms with van der Waals surface area (Å²) >= 11 is 0. The number of rotatable bonds is 4. The number of aliphatic hydroxyl groups is 1. The van der Waals surface area contributed by atoms with Gasteiger partial charge in [0.1, 0.15) is 6.10 Å². The summed E-state index contributed by atoms with van der Waals surface area (Å²) < 4.78 is 11.6. The van der Waals surface area contributed by atoms with Crippen molar-refractivity contribution in [2.45, 2.75) is 77.5 Å². The molecule has 4 nitrogen and oxygen atoms in total. The van der Waals surface area contributed by atoms with E-state index in [9.17, 15) is 9.90 Å². The summed E-state index contributed by atoms with van der Waals surface area (Å²) in [5.74, 6) is -0.137. The van der Waals surface area contributed by atoms with Crippen LogP contribution in [0.2, 0.25) is 18.1 Å². The Morgan fingerprint density at radius 1 is 1.37 bits per heavy atom. The molecule has 3 atom stereocenters. The van der Waals surface area contributed by atoms with Gasteiger partial charge in [0.25, 0.3) is 0 Å². The SMILES string of the molecule is CC(C)[C@@H](O[Si](C)(C)C(C)(C)C)[C@H]1OC(=O)C[C@H]1O. The van der Waals surface area contributed by atoms with Crippen molar-refractivity contribution in [3.63, 3.8) is 0 Å². The van der Waals surface area contributed by atoms with Gasteiger partial charge in [-0.2, -0.15) is 0 Å².